The summed E-state index contributed by atoms with van der Waals surface area (Å²) in [7, 11) is 0. The van der Waals surface area contributed by atoms with E-state index in [4.69, 9.17) is 18.9 Å². The standard InChI is InChI=1S/C30H39NO7/c1-4-7-8-9-12-21-35-24-17-15-23(16-18-24)29(33)31-25-13-10-11-14-26(25)38-27(30(34)37-20-6-3)22-28(32)36-19-5-2/h10-11,13-18,22H,4-9,12,19-21H2,1-3H3,(H,31,33)/b27-22+. The minimum absolute atomic E-state index is 0.167. The molecule has 0 atom stereocenters. The number of hydrogen-bond acceptors (Lipinski definition) is 7. The summed E-state index contributed by atoms with van der Waals surface area (Å²) in [5, 5.41) is 2.79. The van der Waals surface area contributed by atoms with E-state index < -0.39 is 11.9 Å². The minimum atomic E-state index is -0.803. The van der Waals surface area contributed by atoms with E-state index in [2.05, 4.69) is 12.2 Å². The molecule has 0 radical (unpaired) electrons. The first kappa shape index (κ1) is 30.4. The van der Waals surface area contributed by atoms with Crippen LogP contribution in [0.25, 0.3) is 0 Å². The zero-order chi connectivity index (χ0) is 27.6. The van der Waals surface area contributed by atoms with E-state index in [-0.39, 0.29) is 30.6 Å². The lowest BCUT2D eigenvalue weighted by molar-refractivity contribution is -0.143. The van der Waals surface area contributed by atoms with Crippen molar-refractivity contribution in [3.63, 3.8) is 0 Å². The van der Waals surface area contributed by atoms with Crippen LogP contribution in [0.15, 0.2) is 60.4 Å². The average Bonchev–Trinajstić information content (AvgIpc) is 2.93. The first-order valence-electron chi connectivity index (χ1n) is 13.3. The lowest BCUT2D eigenvalue weighted by atomic mass is 10.1. The second-order valence-electron chi connectivity index (χ2n) is 8.65. The van der Waals surface area contributed by atoms with E-state index in [1.807, 2.05) is 13.8 Å². The number of unbranched alkanes of at least 4 members (excludes halogenated alkanes) is 4. The number of carbonyl (C=O) groups is 3. The Bertz CT molecular complexity index is 1050. The molecule has 206 valence electrons. The molecule has 0 unspecified atom stereocenters. The van der Waals surface area contributed by atoms with Gasteiger partial charge < -0.3 is 24.3 Å². The molecule has 2 aromatic carbocycles. The lowest BCUT2D eigenvalue weighted by Gasteiger charge is -2.14. The molecule has 0 aliphatic carbocycles. The number of nitrogens with one attached hydrogen (secondary N) is 1. The van der Waals surface area contributed by atoms with Gasteiger partial charge >= 0.3 is 11.9 Å². The van der Waals surface area contributed by atoms with Crippen LogP contribution in [0.5, 0.6) is 11.5 Å². The Labute approximate surface area is 225 Å². The number of para-hydroxylation sites is 2. The maximum Gasteiger partial charge on any atom is 0.374 e. The molecule has 0 bridgehead atoms. The van der Waals surface area contributed by atoms with Crippen LogP contribution in [0.1, 0.15) is 76.1 Å². The van der Waals surface area contributed by atoms with Gasteiger partial charge in [-0.3, -0.25) is 4.79 Å². The molecular formula is C30H39NO7. The molecule has 0 saturated heterocycles. The van der Waals surface area contributed by atoms with Gasteiger partial charge in [0, 0.05) is 5.56 Å². The monoisotopic (exact) mass is 525 g/mol. The second-order valence-corrected chi connectivity index (χ2v) is 8.65. The van der Waals surface area contributed by atoms with Crippen molar-refractivity contribution < 1.29 is 33.3 Å². The lowest BCUT2D eigenvalue weighted by Crippen LogP contribution is -2.17. The van der Waals surface area contributed by atoms with Crippen molar-refractivity contribution in [1.82, 2.24) is 0 Å². The van der Waals surface area contributed by atoms with Gasteiger partial charge in [0.15, 0.2) is 5.75 Å². The van der Waals surface area contributed by atoms with Crippen molar-refractivity contribution in [1.29, 1.82) is 0 Å². The van der Waals surface area contributed by atoms with Gasteiger partial charge in [0.1, 0.15) is 5.75 Å². The highest BCUT2D eigenvalue weighted by Gasteiger charge is 2.19. The van der Waals surface area contributed by atoms with Gasteiger partial charge in [-0.15, -0.1) is 0 Å². The van der Waals surface area contributed by atoms with Crippen molar-refractivity contribution >= 4 is 23.5 Å². The maximum atomic E-state index is 12.9. The summed E-state index contributed by atoms with van der Waals surface area (Å²) in [5.41, 5.74) is 0.748. The van der Waals surface area contributed by atoms with E-state index in [0.717, 1.165) is 18.9 Å². The smallest absolute Gasteiger partial charge is 0.374 e. The number of amides is 1. The fourth-order valence-electron chi connectivity index (χ4n) is 3.32. The quantitative estimate of drug-likeness (QED) is 0.110. The first-order valence-corrected chi connectivity index (χ1v) is 13.3. The molecule has 0 aliphatic heterocycles. The second kappa shape index (κ2) is 17.6. The van der Waals surface area contributed by atoms with E-state index in [0.29, 0.717) is 36.4 Å². The molecule has 0 spiro atoms. The summed E-state index contributed by atoms with van der Waals surface area (Å²) in [4.78, 5) is 37.5. The number of hydrogen-bond donors (Lipinski definition) is 1. The van der Waals surface area contributed by atoms with Crippen LogP contribution in [-0.2, 0) is 19.1 Å². The third-order valence-corrected chi connectivity index (χ3v) is 5.32. The van der Waals surface area contributed by atoms with Crippen molar-refractivity contribution in [3.8, 4) is 11.5 Å². The van der Waals surface area contributed by atoms with Crippen molar-refractivity contribution in [2.24, 2.45) is 0 Å². The average molecular weight is 526 g/mol. The Kier molecular flexibility index (Phi) is 14.1. The predicted octanol–water partition coefficient (Wildman–Crippen LogP) is 6.46. The van der Waals surface area contributed by atoms with Crippen molar-refractivity contribution in [2.45, 2.75) is 65.7 Å². The van der Waals surface area contributed by atoms with Gasteiger partial charge in [-0.05, 0) is 55.7 Å². The van der Waals surface area contributed by atoms with Crippen molar-refractivity contribution in [3.05, 3.63) is 65.9 Å². The molecule has 1 N–H and O–H groups in total. The Morgan fingerprint density at radius 1 is 0.763 bits per heavy atom. The minimum Gasteiger partial charge on any atom is -0.494 e. The molecule has 0 heterocycles. The number of esters is 2. The topological polar surface area (TPSA) is 100 Å². The van der Waals surface area contributed by atoms with Gasteiger partial charge in [-0.1, -0.05) is 58.6 Å². The zero-order valence-corrected chi connectivity index (χ0v) is 22.6. The highest BCUT2D eigenvalue weighted by atomic mass is 16.6. The maximum absolute atomic E-state index is 12.9. The fourth-order valence-corrected chi connectivity index (χ4v) is 3.32. The number of anilines is 1. The zero-order valence-electron chi connectivity index (χ0n) is 22.6. The first-order chi connectivity index (χ1) is 18.5. The summed E-state index contributed by atoms with van der Waals surface area (Å²) in [6.07, 6.45) is 7.99. The highest BCUT2D eigenvalue weighted by Crippen LogP contribution is 2.27. The molecule has 0 aromatic heterocycles. The number of rotatable bonds is 17. The summed E-state index contributed by atoms with van der Waals surface area (Å²) in [6.45, 7) is 6.92. The molecule has 0 fully saturated rings. The molecule has 8 heteroatoms. The van der Waals surface area contributed by atoms with Crippen LogP contribution in [-0.4, -0.2) is 37.7 Å². The Morgan fingerprint density at radius 3 is 2.16 bits per heavy atom. The molecule has 38 heavy (non-hydrogen) atoms. The SMILES string of the molecule is CCCCCCCOc1ccc(C(=O)Nc2ccccc2O/C(=C/C(=O)OCCC)C(=O)OCCC)cc1. The van der Waals surface area contributed by atoms with Gasteiger partial charge in [-0.25, -0.2) is 9.59 Å². The predicted molar refractivity (Wildman–Crippen MR) is 146 cm³/mol. The molecule has 2 rings (SSSR count). The highest BCUT2D eigenvalue weighted by molar-refractivity contribution is 6.05. The third kappa shape index (κ3) is 11.1. The molecule has 8 nitrogen and oxygen atoms in total. The molecule has 0 aliphatic rings. The largest absolute Gasteiger partial charge is 0.494 e. The van der Waals surface area contributed by atoms with Crippen LogP contribution in [0.4, 0.5) is 5.69 Å². The fraction of sp³-hybridized carbons (Fsp3) is 0.433. The van der Waals surface area contributed by atoms with E-state index in [1.165, 1.54) is 19.3 Å². The summed E-state index contributed by atoms with van der Waals surface area (Å²) < 4.78 is 21.7. The summed E-state index contributed by atoms with van der Waals surface area (Å²) in [6, 6.07) is 13.5. The van der Waals surface area contributed by atoms with E-state index >= 15 is 0 Å². The number of ether oxygens (including phenoxy) is 4. The van der Waals surface area contributed by atoms with Crippen LogP contribution < -0.4 is 14.8 Å². The molecular weight excluding hydrogens is 486 g/mol. The van der Waals surface area contributed by atoms with Gasteiger partial charge in [0.2, 0.25) is 5.76 Å². The molecule has 0 saturated carbocycles. The normalized spacial score (nSPS) is 11.0. The van der Waals surface area contributed by atoms with Gasteiger partial charge in [0.25, 0.3) is 5.91 Å². The van der Waals surface area contributed by atoms with Crippen LogP contribution >= 0.6 is 0 Å². The van der Waals surface area contributed by atoms with Crippen LogP contribution in [0.2, 0.25) is 0 Å². The number of carbonyl (C=O) groups excluding carboxylic acids is 3. The van der Waals surface area contributed by atoms with Gasteiger partial charge in [-0.2, -0.15) is 0 Å². The van der Waals surface area contributed by atoms with E-state index in [9.17, 15) is 14.4 Å². The molecule has 1 amide bonds. The summed E-state index contributed by atoms with van der Waals surface area (Å²) >= 11 is 0. The Balaban J connectivity index is 2.07. The Hall–Kier alpha value is -3.81. The van der Waals surface area contributed by atoms with Gasteiger partial charge in [0.05, 0.1) is 31.6 Å². The third-order valence-electron chi connectivity index (χ3n) is 5.32. The van der Waals surface area contributed by atoms with Crippen molar-refractivity contribution in [2.75, 3.05) is 25.1 Å². The van der Waals surface area contributed by atoms with E-state index in [1.54, 1.807) is 48.5 Å². The van der Waals surface area contributed by atoms with Crippen LogP contribution in [0, 0.1) is 0 Å². The summed E-state index contributed by atoms with van der Waals surface area (Å²) in [5.74, 6) is -1.35. The molecule has 2 aromatic rings. The number of benzene rings is 2. The Morgan fingerprint density at radius 2 is 1.45 bits per heavy atom. The van der Waals surface area contributed by atoms with Crippen LogP contribution in [0.3, 0.4) is 0 Å².